The van der Waals surface area contributed by atoms with Gasteiger partial charge in [-0.05, 0) is 35.9 Å². The molecule has 1 heterocycles. The highest BCUT2D eigenvalue weighted by atomic mass is 32.1. The number of nitrogens with one attached hydrogen (secondary N) is 1. The standard InChI is InChI=1S/C15H13NO3S/c17-15(11-2-1-3-12(20)7-11)16-8-10-4-5-13-14(6-10)19-9-18-13/h1-7,20H,8-9H2,(H,16,17). The Balaban J connectivity index is 1.66. The number of carbonyl (C=O) groups excluding carboxylic acids is 1. The van der Waals surface area contributed by atoms with Gasteiger partial charge >= 0.3 is 0 Å². The Labute approximate surface area is 122 Å². The highest BCUT2D eigenvalue weighted by molar-refractivity contribution is 7.80. The Morgan fingerprint density at radius 3 is 2.85 bits per heavy atom. The molecule has 0 fully saturated rings. The van der Waals surface area contributed by atoms with Crippen molar-refractivity contribution in [2.45, 2.75) is 11.4 Å². The molecule has 0 saturated carbocycles. The van der Waals surface area contributed by atoms with Gasteiger partial charge in [0.1, 0.15) is 0 Å². The Bertz CT molecular complexity index is 657. The maximum Gasteiger partial charge on any atom is 0.251 e. The van der Waals surface area contributed by atoms with E-state index >= 15 is 0 Å². The van der Waals surface area contributed by atoms with Crippen LogP contribution in [0.1, 0.15) is 15.9 Å². The number of ether oxygens (including phenoxy) is 2. The van der Waals surface area contributed by atoms with Gasteiger partial charge in [0.15, 0.2) is 11.5 Å². The zero-order chi connectivity index (χ0) is 13.9. The van der Waals surface area contributed by atoms with Crippen molar-refractivity contribution >= 4 is 18.5 Å². The predicted octanol–water partition coefficient (Wildman–Crippen LogP) is 2.63. The number of amides is 1. The molecule has 4 nitrogen and oxygen atoms in total. The van der Waals surface area contributed by atoms with Gasteiger partial charge in [0.25, 0.3) is 5.91 Å². The first-order chi connectivity index (χ1) is 9.72. The van der Waals surface area contributed by atoms with Crippen LogP contribution in [-0.2, 0) is 6.54 Å². The van der Waals surface area contributed by atoms with E-state index in [0.717, 1.165) is 16.2 Å². The zero-order valence-corrected chi connectivity index (χ0v) is 11.5. The van der Waals surface area contributed by atoms with Crippen LogP contribution >= 0.6 is 12.6 Å². The van der Waals surface area contributed by atoms with Gasteiger partial charge in [0, 0.05) is 17.0 Å². The van der Waals surface area contributed by atoms with Crippen LogP contribution in [0.4, 0.5) is 0 Å². The van der Waals surface area contributed by atoms with Crippen LogP contribution in [0.2, 0.25) is 0 Å². The highest BCUT2D eigenvalue weighted by Crippen LogP contribution is 2.32. The molecule has 2 aromatic rings. The second-order valence-corrected chi connectivity index (χ2v) is 4.94. The molecule has 2 aromatic carbocycles. The van der Waals surface area contributed by atoms with Crippen molar-refractivity contribution in [3.63, 3.8) is 0 Å². The number of thiol groups is 1. The summed E-state index contributed by atoms with van der Waals surface area (Å²) in [5, 5.41) is 2.86. The molecule has 0 unspecified atom stereocenters. The lowest BCUT2D eigenvalue weighted by molar-refractivity contribution is 0.0950. The lowest BCUT2D eigenvalue weighted by Gasteiger charge is -2.06. The number of hydrogen-bond donors (Lipinski definition) is 2. The molecular formula is C15H13NO3S. The molecule has 0 spiro atoms. The van der Waals surface area contributed by atoms with Crippen molar-refractivity contribution in [3.05, 3.63) is 53.6 Å². The van der Waals surface area contributed by atoms with E-state index in [1.165, 1.54) is 0 Å². The smallest absolute Gasteiger partial charge is 0.251 e. The van der Waals surface area contributed by atoms with Crippen LogP contribution in [-0.4, -0.2) is 12.7 Å². The zero-order valence-electron chi connectivity index (χ0n) is 10.6. The first-order valence-corrected chi connectivity index (χ1v) is 6.63. The third-order valence-electron chi connectivity index (χ3n) is 3.00. The summed E-state index contributed by atoms with van der Waals surface area (Å²) in [4.78, 5) is 12.8. The molecule has 102 valence electrons. The average molecular weight is 287 g/mol. The van der Waals surface area contributed by atoms with E-state index in [9.17, 15) is 4.79 Å². The van der Waals surface area contributed by atoms with E-state index < -0.39 is 0 Å². The quantitative estimate of drug-likeness (QED) is 0.853. The van der Waals surface area contributed by atoms with Crippen LogP contribution in [0.15, 0.2) is 47.4 Å². The molecule has 0 atom stereocenters. The molecule has 0 bridgehead atoms. The van der Waals surface area contributed by atoms with Crippen LogP contribution in [0.3, 0.4) is 0 Å². The van der Waals surface area contributed by atoms with Gasteiger partial charge in [0.05, 0.1) is 0 Å². The number of hydrogen-bond acceptors (Lipinski definition) is 4. The lowest BCUT2D eigenvalue weighted by atomic mass is 10.2. The first-order valence-electron chi connectivity index (χ1n) is 6.18. The number of benzene rings is 2. The van der Waals surface area contributed by atoms with E-state index in [0.29, 0.717) is 17.9 Å². The summed E-state index contributed by atoms with van der Waals surface area (Å²) in [5.41, 5.74) is 1.56. The molecule has 5 heteroatoms. The minimum atomic E-state index is -0.126. The number of rotatable bonds is 3. The van der Waals surface area contributed by atoms with Gasteiger partial charge in [-0.3, -0.25) is 4.79 Å². The number of fused-ring (bicyclic) bond motifs is 1. The minimum absolute atomic E-state index is 0.126. The van der Waals surface area contributed by atoms with Crippen LogP contribution in [0.5, 0.6) is 11.5 Å². The maximum atomic E-state index is 12.0. The normalized spacial score (nSPS) is 12.2. The van der Waals surface area contributed by atoms with Gasteiger partial charge in [0.2, 0.25) is 6.79 Å². The third-order valence-corrected chi connectivity index (χ3v) is 3.28. The van der Waals surface area contributed by atoms with E-state index in [1.54, 1.807) is 18.2 Å². The fourth-order valence-corrected chi connectivity index (χ4v) is 2.21. The molecule has 0 radical (unpaired) electrons. The lowest BCUT2D eigenvalue weighted by Crippen LogP contribution is -2.22. The molecule has 1 aliphatic heterocycles. The van der Waals surface area contributed by atoms with E-state index in [-0.39, 0.29) is 12.7 Å². The maximum absolute atomic E-state index is 12.0. The van der Waals surface area contributed by atoms with Crippen molar-refractivity contribution in [1.82, 2.24) is 5.32 Å². The molecule has 20 heavy (non-hydrogen) atoms. The van der Waals surface area contributed by atoms with Gasteiger partial charge in [-0.1, -0.05) is 12.1 Å². The third kappa shape index (κ3) is 2.72. The second kappa shape index (κ2) is 5.46. The van der Waals surface area contributed by atoms with Crippen molar-refractivity contribution in [1.29, 1.82) is 0 Å². The van der Waals surface area contributed by atoms with Crippen LogP contribution in [0, 0.1) is 0 Å². The Kier molecular flexibility index (Phi) is 3.52. The van der Waals surface area contributed by atoms with Crippen molar-refractivity contribution < 1.29 is 14.3 Å². The highest BCUT2D eigenvalue weighted by Gasteiger charge is 2.13. The van der Waals surface area contributed by atoms with Gasteiger partial charge in [-0.25, -0.2) is 0 Å². The van der Waals surface area contributed by atoms with Gasteiger partial charge in [-0.2, -0.15) is 0 Å². The fourth-order valence-electron chi connectivity index (χ4n) is 1.98. The molecule has 1 amide bonds. The number of carbonyl (C=O) groups is 1. The SMILES string of the molecule is O=C(NCc1ccc2c(c1)OCO2)c1cccc(S)c1. The van der Waals surface area contributed by atoms with Crippen molar-refractivity contribution in [3.8, 4) is 11.5 Å². The van der Waals surface area contributed by atoms with E-state index in [1.807, 2.05) is 24.3 Å². The van der Waals surface area contributed by atoms with Crippen molar-refractivity contribution in [2.24, 2.45) is 0 Å². The Hall–Kier alpha value is -2.14. The van der Waals surface area contributed by atoms with E-state index in [2.05, 4.69) is 17.9 Å². The molecule has 0 saturated heterocycles. The first kappa shape index (κ1) is 12.9. The minimum Gasteiger partial charge on any atom is -0.454 e. The van der Waals surface area contributed by atoms with E-state index in [4.69, 9.17) is 9.47 Å². The summed E-state index contributed by atoms with van der Waals surface area (Å²) in [6.07, 6.45) is 0. The monoisotopic (exact) mass is 287 g/mol. The summed E-state index contributed by atoms with van der Waals surface area (Å²) in [6, 6.07) is 12.8. The second-order valence-electron chi connectivity index (χ2n) is 4.42. The summed E-state index contributed by atoms with van der Waals surface area (Å²) < 4.78 is 10.5. The van der Waals surface area contributed by atoms with Crippen LogP contribution in [0.25, 0.3) is 0 Å². The molecule has 0 aromatic heterocycles. The Morgan fingerprint density at radius 1 is 1.15 bits per heavy atom. The van der Waals surface area contributed by atoms with Gasteiger partial charge in [-0.15, -0.1) is 12.6 Å². The summed E-state index contributed by atoms with van der Waals surface area (Å²) in [7, 11) is 0. The largest absolute Gasteiger partial charge is 0.454 e. The summed E-state index contributed by atoms with van der Waals surface area (Å²) >= 11 is 4.22. The summed E-state index contributed by atoms with van der Waals surface area (Å²) in [5.74, 6) is 1.33. The molecule has 0 aliphatic carbocycles. The van der Waals surface area contributed by atoms with Crippen molar-refractivity contribution in [2.75, 3.05) is 6.79 Å². The Morgan fingerprint density at radius 2 is 2.00 bits per heavy atom. The van der Waals surface area contributed by atoms with Crippen LogP contribution < -0.4 is 14.8 Å². The molecular weight excluding hydrogens is 274 g/mol. The van der Waals surface area contributed by atoms with Gasteiger partial charge < -0.3 is 14.8 Å². The summed E-state index contributed by atoms with van der Waals surface area (Å²) in [6.45, 7) is 0.687. The molecule has 1 aliphatic rings. The fraction of sp³-hybridized carbons (Fsp3) is 0.133. The molecule has 3 rings (SSSR count). The predicted molar refractivity (Wildman–Crippen MR) is 77.4 cm³/mol. The molecule has 1 N–H and O–H groups in total. The average Bonchev–Trinajstić information content (AvgIpc) is 2.92. The topological polar surface area (TPSA) is 47.6 Å².